The summed E-state index contributed by atoms with van der Waals surface area (Å²) in [5.74, 6) is -2.81. The fourth-order valence-corrected chi connectivity index (χ4v) is 4.17. The number of alkyl halides is 1. The Labute approximate surface area is 182 Å². The molecule has 1 amide bonds. The zero-order valence-electron chi connectivity index (χ0n) is 14.6. The lowest BCUT2D eigenvalue weighted by Crippen LogP contribution is -2.26. The number of hydrogen-bond acceptors (Lipinski definition) is 3. The van der Waals surface area contributed by atoms with Crippen molar-refractivity contribution < 1.29 is 23.5 Å². The molecular formula is C20H13BrClF2NO3S. The van der Waals surface area contributed by atoms with Gasteiger partial charge < -0.3 is 10.4 Å². The molecule has 2 N–H and O–H groups in total. The molecule has 0 aliphatic heterocycles. The second kappa shape index (κ2) is 9.02. The number of carbonyl (C=O) groups is 2. The van der Waals surface area contributed by atoms with E-state index < -0.39 is 23.9 Å². The molecule has 0 spiro atoms. The Bertz CT molecular complexity index is 1070. The van der Waals surface area contributed by atoms with E-state index in [0.717, 1.165) is 27.9 Å². The normalized spacial score (nSPS) is 11.9. The first-order chi connectivity index (χ1) is 13.8. The lowest BCUT2D eigenvalue weighted by Gasteiger charge is -2.11. The number of nitrogens with one attached hydrogen (secondary N) is 1. The monoisotopic (exact) mass is 499 g/mol. The molecule has 9 heteroatoms. The lowest BCUT2D eigenvalue weighted by atomic mass is 10.1. The topological polar surface area (TPSA) is 66.4 Å². The summed E-state index contributed by atoms with van der Waals surface area (Å²) in [5, 5.41) is 13.4. The van der Waals surface area contributed by atoms with Crippen molar-refractivity contribution in [3.8, 4) is 10.4 Å². The summed E-state index contributed by atoms with van der Waals surface area (Å²) in [6, 6.07) is 10.5. The number of amides is 1. The molecule has 0 radical (unpaired) electrons. The van der Waals surface area contributed by atoms with Crippen LogP contribution in [0.2, 0.25) is 5.02 Å². The van der Waals surface area contributed by atoms with Crippen LogP contribution >= 0.6 is 38.9 Å². The number of anilines is 1. The van der Waals surface area contributed by atoms with E-state index >= 15 is 0 Å². The number of halogens is 4. The van der Waals surface area contributed by atoms with Crippen LogP contribution in [0.4, 0.5) is 14.5 Å². The summed E-state index contributed by atoms with van der Waals surface area (Å²) < 4.78 is 28.4. The summed E-state index contributed by atoms with van der Waals surface area (Å²) in [4.78, 5) is 24.5. The van der Waals surface area contributed by atoms with Gasteiger partial charge in [-0.1, -0.05) is 45.7 Å². The largest absolute Gasteiger partial charge is 0.478 e. The van der Waals surface area contributed by atoms with Gasteiger partial charge in [-0.15, -0.1) is 11.3 Å². The van der Waals surface area contributed by atoms with Gasteiger partial charge in [0.15, 0.2) is 6.17 Å². The molecule has 1 aromatic heterocycles. The number of carboxylic acids is 1. The zero-order valence-corrected chi connectivity index (χ0v) is 17.7. The van der Waals surface area contributed by atoms with Crippen molar-refractivity contribution in [2.45, 2.75) is 12.6 Å². The SMILES string of the molecule is O=C(O)c1c(NC(=O)C(F)Cc2ccc(F)cc2Cl)csc1-c1ccc(Br)cc1. The molecule has 1 unspecified atom stereocenters. The van der Waals surface area contributed by atoms with E-state index in [2.05, 4.69) is 21.2 Å². The molecule has 0 saturated carbocycles. The van der Waals surface area contributed by atoms with Crippen molar-refractivity contribution in [2.75, 3.05) is 5.32 Å². The maximum Gasteiger partial charge on any atom is 0.339 e. The molecule has 2 aromatic carbocycles. The van der Waals surface area contributed by atoms with E-state index in [0.29, 0.717) is 10.4 Å². The van der Waals surface area contributed by atoms with Gasteiger partial charge in [-0.2, -0.15) is 0 Å². The molecule has 0 saturated heterocycles. The van der Waals surface area contributed by atoms with E-state index in [4.69, 9.17) is 11.6 Å². The highest BCUT2D eigenvalue weighted by atomic mass is 79.9. The highest BCUT2D eigenvalue weighted by molar-refractivity contribution is 9.10. The second-order valence-corrected chi connectivity index (χ2v) is 8.26. The molecule has 3 aromatic rings. The van der Waals surface area contributed by atoms with Crippen molar-refractivity contribution in [3.05, 3.63) is 74.3 Å². The van der Waals surface area contributed by atoms with E-state index in [1.54, 1.807) is 24.3 Å². The molecule has 150 valence electrons. The molecule has 0 fully saturated rings. The quantitative estimate of drug-likeness (QED) is 0.424. The number of benzene rings is 2. The van der Waals surface area contributed by atoms with Crippen molar-refractivity contribution >= 4 is 56.4 Å². The highest BCUT2D eigenvalue weighted by Crippen LogP contribution is 2.36. The van der Waals surface area contributed by atoms with E-state index in [-0.39, 0.29) is 28.3 Å². The fourth-order valence-electron chi connectivity index (χ4n) is 2.66. The van der Waals surface area contributed by atoms with Gasteiger partial charge in [-0.25, -0.2) is 13.6 Å². The Hall–Kier alpha value is -2.29. The fraction of sp³-hybridized carbons (Fsp3) is 0.100. The van der Waals surface area contributed by atoms with Gasteiger partial charge in [0.05, 0.1) is 10.6 Å². The minimum absolute atomic E-state index is 0.0123. The average Bonchev–Trinajstić information content (AvgIpc) is 3.08. The maximum absolute atomic E-state index is 14.4. The zero-order chi connectivity index (χ0) is 21.1. The van der Waals surface area contributed by atoms with E-state index in [1.807, 2.05) is 0 Å². The number of hydrogen-bond donors (Lipinski definition) is 2. The molecular weight excluding hydrogens is 488 g/mol. The minimum atomic E-state index is -1.99. The predicted molar refractivity (Wildman–Crippen MR) is 113 cm³/mol. The van der Waals surface area contributed by atoms with Crippen molar-refractivity contribution in [1.82, 2.24) is 0 Å². The van der Waals surface area contributed by atoms with Gasteiger partial charge in [-0.3, -0.25) is 4.79 Å². The molecule has 1 atom stereocenters. The Kier molecular flexibility index (Phi) is 6.66. The van der Waals surface area contributed by atoms with Gasteiger partial charge in [0.2, 0.25) is 0 Å². The van der Waals surface area contributed by atoms with Crippen LogP contribution in [0.3, 0.4) is 0 Å². The standard InChI is InChI=1S/C20H13BrClF2NO3S/c21-12-4-1-10(2-5-12)18-17(20(27)28)16(9-29-18)25-19(26)15(24)7-11-3-6-13(23)8-14(11)22/h1-6,8-9,15H,7H2,(H,25,26)(H,27,28). The smallest absolute Gasteiger partial charge is 0.339 e. The maximum atomic E-state index is 14.4. The third-order valence-electron chi connectivity index (χ3n) is 4.07. The number of thiophene rings is 1. The summed E-state index contributed by atoms with van der Waals surface area (Å²) in [6.45, 7) is 0. The van der Waals surface area contributed by atoms with Crippen LogP contribution in [-0.2, 0) is 11.2 Å². The third-order valence-corrected chi connectivity index (χ3v) is 5.98. The summed E-state index contributed by atoms with van der Waals surface area (Å²) in [5.41, 5.74) is 0.831. The number of carboxylic acid groups (broad SMARTS) is 1. The van der Waals surface area contributed by atoms with Crippen LogP contribution in [0.5, 0.6) is 0 Å². The van der Waals surface area contributed by atoms with Gasteiger partial charge >= 0.3 is 5.97 Å². The van der Waals surface area contributed by atoms with E-state index in [9.17, 15) is 23.5 Å². The van der Waals surface area contributed by atoms with Crippen LogP contribution in [0, 0.1) is 5.82 Å². The van der Waals surface area contributed by atoms with Crippen LogP contribution in [0.1, 0.15) is 15.9 Å². The summed E-state index contributed by atoms with van der Waals surface area (Å²) in [7, 11) is 0. The first kappa shape index (κ1) is 21.4. The van der Waals surface area contributed by atoms with Crippen LogP contribution in [0.25, 0.3) is 10.4 Å². The molecule has 1 heterocycles. The Morgan fingerprint density at radius 1 is 1.21 bits per heavy atom. The molecule has 0 bridgehead atoms. The average molecular weight is 501 g/mol. The Balaban J connectivity index is 1.81. The summed E-state index contributed by atoms with van der Waals surface area (Å²) >= 11 is 10.3. The molecule has 0 aliphatic rings. The van der Waals surface area contributed by atoms with Crippen molar-refractivity contribution in [2.24, 2.45) is 0 Å². The van der Waals surface area contributed by atoms with Crippen molar-refractivity contribution in [1.29, 1.82) is 0 Å². The van der Waals surface area contributed by atoms with E-state index in [1.165, 1.54) is 11.4 Å². The minimum Gasteiger partial charge on any atom is -0.478 e. The van der Waals surface area contributed by atoms with Crippen molar-refractivity contribution in [3.63, 3.8) is 0 Å². The lowest BCUT2D eigenvalue weighted by molar-refractivity contribution is -0.120. The molecule has 4 nitrogen and oxygen atoms in total. The molecule has 3 rings (SSSR count). The number of rotatable bonds is 6. The van der Waals surface area contributed by atoms with Crippen LogP contribution < -0.4 is 5.32 Å². The van der Waals surface area contributed by atoms with Gasteiger partial charge in [0, 0.05) is 21.3 Å². The highest BCUT2D eigenvalue weighted by Gasteiger charge is 2.25. The van der Waals surface area contributed by atoms with Crippen LogP contribution in [0.15, 0.2) is 52.3 Å². The number of aromatic carboxylic acids is 1. The summed E-state index contributed by atoms with van der Waals surface area (Å²) in [6.07, 6.45) is -2.35. The van der Waals surface area contributed by atoms with Gasteiger partial charge in [0.25, 0.3) is 5.91 Å². The predicted octanol–water partition coefficient (Wildman–Crippen LogP) is 6.19. The Morgan fingerprint density at radius 3 is 2.52 bits per heavy atom. The molecule has 0 aliphatic carbocycles. The molecule has 29 heavy (non-hydrogen) atoms. The second-order valence-electron chi connectivity index (χ2n) is 6.06. The first-order valence-corrected chi connectivity index (χ1v) is 10.3. The van der Waals surface area contributed by atoms with Crippen LogP contribution in [-0.4, -0.2) is 23.2 Å². The third kappa shape index (κ3) is 5.01. The van der Waals surface area contributed by atoms with Gasteiger partial charge in [-0.05, 0) is 35.4 Å². The van der Waals surface area contributed by atoms with Gasteiger partial charge in [0.1, 0.15) is 11.4 Å². The first-order valence-electron chi connectivity index (χ1n) is 8.26. The number of carbonyl (C=O) groups excluding carboxylic acids is 1. The Morgan fingerprint density at radius 2 is 1.90 bits per heavy atom.